The minimum absolute atomic E-state index is 0.0817. The van der Waals surface area contributed by atoms with Gasteiger partial charge in [-0.2, -0.15) is 23.0 Å². The first-order valence-corrected chi connectivity index (χ1v) is 13.1. The first kappa shape index (κ1) is 26.2. The molecule has 1 aliphatic carbocycles. The molecule has 0 saturated heterocycles. The van der Waals surface area contributed by atoms with Crippen molar-refractivity contribution >= 4 is 17.5 Å². The van der Waals surface area contributed by atoms with Gasteiger partial charge < -0.3 is 9.64 Å². The van der Waals surface area contributed by atoms with Crippen LogP contribution in [0.25, 0.3) is 0 Å². The van der Waals surface area contributed by atoms with Crippen molar-refractivity contribution in [3.63, 3.8) is 0 Å². The van der Waals surface area contributed by atoms with E-state index in [-0.39, 0.29) is 37.0 Å². The molecule has 3 heterocycles. The molecule has 3 aromatic rings. The summed E-state index contributed by atoms with van der Waals surface area (Å²) in [5.41, 5.74) is 3.19. The number of alkyl halides is 3. The monoisotopic (exact) mass is 554 g/mol. The number of hydrogen-bond donors (Lipinski definition) is 1. The number of carbonyl (C=O) groups is 3. The van der Waals surface area contributed by atoms with E-state index in [0.717, 1.165) is 16.7 Å². The van der Waals surface area contributed by atoms with E-state index in [1.807, 2.05) is 29.2 Å². The fourth-order valence-electron chi connectivity index (χ4n) is 5.56. The molecule has 0 spiro atoms. The zero-order chi connectivity index (χ0) is 28.0. The summed E-state index contributed by atoms with van der Waals surface area (Å²) in [5, 5.41) is 2.32. The molecule has 1 amide bonds. The highest BCUT2D eigenvalue weighted by molar-refractivity contribution is 6.07. The van der Waals surface area contributed by atoms with Gasteiger partial charge in [-0.15, -0.1) is 0 Å². The Labute approximate surface area is 227 Å². The number of halogens is 3. The third kappa shape index (κ3) is 5.10. The van der Waals surface area contributed by atoms with Crippen molar-refractivity contribution in [3.05, 3.63) is 76.4 Å². The summed E-state index contributed by atoms with van der Waals surface area (Å²) < 4.78 is 46.4. The van der Waals surface area contributed by atoms with Crippen LogP contribution in [0, 0.1) is 0 Å². The van der Waals surface area contributed by atoms with Crippen molar-refractivity contribution in [1.29, 1.82) is 0 Å². The van der Waals surface area contributed by atoms with E-state index in [2.05, 4.69) is 10.1 Å². The second kappa shape index (κ2) is 10.2. The van der Waals surface area contributed by atoms with Crippen molar-refractivity contribution < 1.29 is 37.0 Å². The Kier molecular flexibility index (Phi) is 6.65. The summed E-state index contributed by atoms with van der Waals surface area (Å²) in [6.07, 6.45) is -3.97. The van der Waals surface area contributed by atoms with Gasteiger partial charge >= 0.3 is 17.8 Å². The molecule has 1 atom stereocenters. The maximum absolute atomic E-state index is 13.0. The van der Waals surface area contributed by atoms with Crippen LogP contribution in [0.5, 0.6) is 5.75 Å². The molecule has 1 N–H and O–H groups in total. The minimum Gasteiger partial charge on any atom is -0.489 e. The number of ether oxygens (including phenoxy) is 1. The van der Waals surface area contributed by atoms with Gasteiger partial charge in [0.2, 0.25) is 0 Å². The second-order valence-corrected chi connectivity index (χ2v) is 10.4. The lowest BCUT2D eigenvalue weighted by molar-refractivity contribution is -0.765. The number of amides is 1. The second-order valence-electron chi connectivity index (χ2n) is 10.4. The highest BCUT2D eigenvalue weighted by Gasteiger charge is 2.43. The van der Waals surface area contributed by atoms with Crippen LogP contribution in [-0.4, -0.2) is 49.9 Å². The summed E-state index contributed by atoms with van der Waals surface area (Å²) in [7, 11) is 0. The van der Waals surface area contributed by atoms with Crippen LogP contribution in [0.4, 0.5) is 13.2 Å². The number of rotatable bonds is 6. The molecule has 0 radical (unpaired) electrons. The Morgan fingerprint density at radius 3 is 2.58 bits per heavy atom. The number of nitrogens with one attached hydrogen (secondary N) is 1. The molecule has 12 heteroatoms. The Balaban J connectivity index is 1.07. The van der Waals surface area contributed by atoms with Crippen molar-refractivity contribution in [1.82, 2.24) is 19.9 Å². The number of benzene rings is 2. The summed E-state index contributed by atoms with van der Waals surface area (Å²) in [6.45, 7) is 2.43. The highest BCUT2D eigenvalue weighted by Crippen LogP contribution is 2.34. The number of nitrogens with zero attached hydrogens (tertiary/aromatic N) is 4. The minimum atomic E-state index is -4.50. The van der Waals surface area contributed by atoms with E-state index in [1.165, 1.54) is 4.68 Å². The first-order valence-electron chi connectivity index (χ1n) is 13.1. The number of Topliss-reactive ketones (excluding diaryl/α,β-unsaturated/α-hetero) is 2. The van der Waals surface area contributed by atoms with Crippen molar-refractivity contribution in [3.8, 4) is 5.75 Å². The van der Waals surface area contributed by atoms with E-state index in [4.69, 9.17) is 4.74 Å². The summed E-state index contributed by atoms with van der Waals surface area (Å²) >= 11 is 0. The Morgan fingerprint density at radius 2 is 1.82 bits per heavy atom. The largest absolute Gasteiger partial charge is 0.489 e. The van der Waals surface area contributed by atoms with E-state index < -0.39 is 18.0 Å². The Morgan fingerprint density at radius 1 is 1.05 bits per heavy atom. The van der Waals surface area contributed by atoms with Gasteiger partial charge in [0.25, 0.3) is 5.91 Å². The van der Waals surface area contributed by atoms with Crippen LogP contribution in [0.3, 0.4) is 0 Å². The quantitative estimate of drug-likeness (QED) is 0.372. The molecule has 2 aromatic carbocycles. The van der Waals surface area contributed by atoms with E-state index >= 15 is 0 Å². The van der Waals surface area contributed by atoms with Gasteiger partial charge in [0, 0.05) is 30.6 Å². The molecule has 1 unspecified atom stereocenters. The average Bonchev–Trinajstić information content (AvgIpc) is 3.50. The number of H-pyrrole nitrogens is 1. The fourth-order valence-corrected chi connectivity index (χ4v) is 5.56. The van der Waals surface area contributed by atoms with Gasteiger partial charge in [-0.1, -0.05) is 30.3 Å². The lowest BCUT2D eigenvalue weighted by atomic mass is 9.92. The standard InChI is InChI=1S/C28H26F3N5O4/c29-28(30,31)27-32-25-15-34(10-11-36(25)33-27)13-17-4-6-18(7-5-17)16-40-24-3-1-2-20-21(24)14-35(26(20)39)22-9-8-19(37)12-23(22)38/h1-7,22H,8-16H2/p+1. The van der Waals surface area contributed by atoms with Crippen LogP contribution < -0.4 is 9.42 Å². The van der Waals surface area contributed by atoms with Crippen molar-refractivity contribution in [2.75, 3.05) is 6.54 Å². The third-order valence-corrected chi connectivity index (χ3v) is 7.66. The summed E-state index contributed by atoms with van der Waals surface area (Å²) in [6, 6.07) is 12.5. The molecule has 2 aliphatic heterocycles. The molecule has 0 bridgehead atoms. The summed E-state index contributed by atoms with van der Waals surface area (Å²) in [4.78, 5) is 44.4. The molecular formula is C28H27F3N5O4+. The first-order chi connectivity index (χ1) is 19.2. The SMILES string of the molecule is O=C1CCC(N2Cc3c(OCc4ccc(CN5CC[n+]6[nH]c(C(F)(F)F)nc6C5)cc4)cccc3C2=O)C(=O)C1. The van der Waals surface area contributed by atoms with Gasteiger partial charge in [-0.25, -0.2) is 0 Å². The van der Waals surface area contributed by atoms with E-state index in [1.54, 1.807) is 23.1 Å². The number of ketones is 2. The van der Waals surface area contributed by atoms with E-state index in [9.17, 15) is 27.6 Å². The molecule has 208 valence electrons. The van der Waals surface area contributed by atoms with E-state index in [0.29, 0.717) is 56.2 Å². The number of aromatic nitrogens is 3. The molecular weight excluding hydrogens is 527 g/mol. The summed E-state index contributed by atoms with van der Waals surface area (Å²) in [5.74, 6) is -0.548. The lowest BCUT2D eigenvalue weighted by Crippen LogP contribution is -2.51. The normalized spacial score (nSPS) is 19.6. The molecule has 40 heavy (non-hydrogen) atoms. The van der Waals surface area contributed by atoms with Crippen LogP contribution in [-0.2, 0) is 48.6 Å². The number of hydrogen-bond acceptors (Lipinski definition) is 6. The van der Waals surface area contributed by atoms with Gasteiger partial charge in [-0.05, 0) is 34.7 Å². The van der Waals surface area contributed by atoms with Crippen molar-refractivity contribution in [2.24, 2.45) is 0 Å². The van der Waals surface area contributed by atoms with Gasteiger partial charge in [-0.3, -0.25) is 19.3 Å². The smallest absolute Gasteiger partial charge is 0.478 e. The maximum atomic E-state index is 13.0. The molecule has 9 nitrogen and oxygen atoms in total. The topological polar surface area (TPSA) is 99.5 Å². The Bertz CT molecular complexity index is 1480. The zero-order valence-electron chi connectivity index (χ0n) is 21.5. The lowest BCUT2D eigenvalue weighted by Gasteiger charge is -2.29. The Hall–Kier alpha value is -4.06. The molecule has 6 rings (SSSR count). The van der Waals surface area contributed by atoms with Crippen LogP contribution in [0.2, 0.25) is 0 Å². The van der Waals surface area contributed by atoms with Gasteiger partial charge in [0.15, 0.2) is 5.78 Å². The molecule has 1 saturated carbocycles. The van der Waals surface area contributed by atoms with Crippen LogP contribution >= 0.6 is 0 Å². The average molecular weight is 555 g/mol. The number of aromatic amines is 1. The predicted molar refractivity (Wildman–Crippen MR) is 133 cm³/mol. The van der Waals surface area contributed by atoms with Gasteiger partial charge in [0.1, 0.15) is 31.2 Å². The molecule has 1 aromatic heterocycles. The highest BCUT2D eigenvalue weighted by atomic mass is 19.4. The molecule has 3 aliphatic rings. The zero-order valence-corrected chi connectivity index (χ0v) is 21.5. The fraction of sp³-hybridized carbons (Fsp3) is 0.393. The third-order valence-electron chi connectivity index (χ3n) is 7.66. The van der Waals surface area contributed by atoms with Gasteiger partial charge in [0.05, 0.1) is 19.0 Å². The molecule has 1 fully saturated rings. The van der Waals surface area contributed by atoms with Crippen LogP contribution in [0.1, 0.15) is 58.0 Å². The van der Waals surface area contributed by atoms with Crippen LogP contribution in [0.15, 0.2) is 42.5 Å². The number of carbonyl (C=O) groups excluding carboxylic acids is 3. The maximum Gasteiger partial charge on any atom is 0.478 e. The predicted octanol–water partition coefficient (Wildman–Crippen LogP) is 2.96. The number of fused-ring (bicyclic) bond motifs is 2. The van der Waals surface area contributed by atoms with Crippen molar-refractivity contribution in [2.45, 2.75) is 64.3 Å².